The molecule has 1 aromatic carbocycles. The average molecular weight is 305 g/mol. The van der Waals surface area contributed by atoms with Gasteiger partial charge in [-0.2, -0.15) is 0 Å². The maximum Gasteiger partial charge on any atom is 0.161 e. The van der Waals surface area contributed by atoms with Crippen LogP contribution in [0.3, 0.4) is 0 Å². The van der Waals surface area contributed by atoms with E-state index < -0.39 is 0 Å². The van der Waals surface area contributed by atoms with Crippen molar-refractivity contribution in [3.05, 3.63) is 23.8 Å². The van der Waals surface area contributed by atoms with Crippen LogP contribution < -0.4 is 15.2 Å². The number of benzene rings is 1. The quantitative estimate of drug-likeness (QED) is 0.754. The Labute approximate surface area is 135 Å². The summed E-state index contributed by atoms with van der Waals surface area (Å²) in [4.78, 5) is 0. The molecule has 3 nitrogen and oxygen atoms in total. The maximum absolute atomic E-state index is 6.14. The summed E-state index contributed by atoms with van der Waals surface area (Å²) in [6, 6.07) is 6.37. The minimum Gasteiger partial charge on any atom is -0.490 e. The molecule has 3 heteroatoms. The van der Waals surface area contributed by atoms with Crippen LogP contribution in [0.2, 0.25) is 0 Å². The summed E-state index contributed by atoms with van der Waals surface area (Å²) in [5.41, 5.74) is 7.44. The molecule has 2 rings (SSSR count). The van der Waals surface area contributed by atoms with Crippen molar-refractivity contribution in [1.82, 2.24) is 0 Å². The number of hydrogen-bond donors (Lipinski definition) is 1. The number of rotatable bonds is 7. The molecule has 1 atom stereocenters. The van der Waals surface area contributed by atoms with Crippen molar-refractivity contribution in [2.45, 2.75) is 58.3 Å². The fourth-order valence-electron chi connectivity index (χ4n) is 3.61. The van der Waals surface area contributed by atoms with Gasteiger partial charge in [0.1, 0.15) is 0 Å². The van der Waals surface area contributed by atoms with Gasteiger partial charge in [-0.05, 0) is 62.8 Å². The van der Waals surface area contributed by atoms with Crippen molar-refractivity contribution in [2.75, 3.05) is 19.8 Å². The molecule has 22 heavy (non-hydrogen) atoms. The zero-order valence-corrected chi connectivity index (χ0v) is 14.1. The standard InChI is InChI=1S/C19H31NO2/c1-3-21-18-12-11-16(13-19(18)22-4-2)17(14-20)15-9-7-5-6-8-10-15/h11-13,15,17H,3-10,14,20H2,1-2H3. The second kappa shape index (κ2) is 9.04. The van der Waals surface area contributed by atoms with E-state index in [1.165, 1.54) is 44.1 Å². The third-order valence-corrected chi connectivity index (χ3v) is 4.72. The van der Waals surface area contributed by atoms with Crippen LogP contribution in [-0.2, 0) is 0 Å². The molecule has 0 radical (unpaired) electrons. The Morgan fingerprint density at radius 2 is 1.64 bits per heavy atom. The van der Waals surface area contributed by atoms with E-state index in [4.69, 9.17) is 15.2 Å². The molecule has 0 heterocycles. The smallest absolute Gasteiger partial charge is 0.161 e. The van der Waals surface area contributed by atoms with Crippen molar-refractivity contribution in [3.63, 3.8) is 0 Å². The van der Waals surface area contributed by atoms with E-state index in [2.05, 4.69) is 12.1 Å². The molecule has 1 saturated carbocycles. The zero-order chi connectivity index (χ0) is 15.8. The SMILES string of the molecule is CCOc1ccc(C(CN)C2CCCCCC2)cc1OCC. The maximum atomic E-state index is 6.14. The Bertz CT molecular complexity index is 439. The van der Waals surface area contributed by atoms with E-state index in [0.717, 1.165) is 11.5 Å². The third kappa shape index (κ3) is 4.39. The van der Waals surface area contributed by atoms with Gasteiger partial charge in [-0.25, -0.2) is 0 Å². The van der Waals surface area contributed by atoms with E-state index in [-0.39, 0.29) is 0 Å². The molecule has 0 bridgehead atoms. The van der Waals surface area contributed by atoms with Gasteiger partial charge in [0.05, 0.1) is 13.2 Å². The third-order valence-electron chi connectivity index (χ3n) is 4.72. The van der Waals surface area contributed by atoms with Crippen molar-refractivity contribution < 1.29 is 9.47 Å². The van der Waals surface area contributed by atoms with E-state index in [9.17, 15) is 0 Å². The molecule has 1 fully saturated rings. The first-order valence-corrected chi connectivity index (χ1v) is 8.89. The van der Waals surface area contributed by atoms with E-state index in [0.29, 0.717) is 31.6 Å². The second-order valence-corrected chi connectivity index (χ2v) is 6.17. The van der Waals surface area contributed by atoms with Gasteiger partial charge in [0.15, 0.2) is 11.5 Å². The summed E-state index contributed by atoms with van der Waals surface area (Å²) in [5.74, 6) is 2.84. The van der Waals surface area contributed by atoms with Crippen LogP contribution in [-0.4, -0.2) is 19.8 Å². The van der Waals surface area contributed by atoms with Crippen LogP contribution in [0.5, 0.6) is 11.5 Å². The molecule has 2 N–H and O–H groups in total. The van der Waals surface area contributed by atoms with E-state index in [1.807, 2.05) is 19.9 Å². The monoisotopic (exact) mass is 305 g/mol. The number of hydrogen-bond acceptors (Lipinski definition) is 3. The lowest BCUT2D eigenvalue weighted by Gasteiger charge is -2.26. The number of ether oxygens (including phenoxy) is 2. The van der Waals surface area contributed by atoms with Crippen molar-refractivity contribution in [2.24, 2.45) is 11.7 Å². The highest BCUT2D eigenvalue weighted by Crippen LogP contribution is 2.38. The topological polar surface area (TPSA) is 44.5 Å². The molecule has 124 valence electrons. The van der Waals surface area contributed by atoms with Gasteiger partial charge < -0.3 is 15.2 Å². The van der Waals surface area contributed by atoms with Gasteiger partial charge >= 0.3 is 0 Å². The molecule has 0 aliphatic heterocycles. The van der Waals surface area contributed by atoms with Crippen molar-refractivity contribution >= 4 is 0 Å². The molecule has 1 unspecified atom stereocenters. The minimum absolute atomic E-state index is 0.438. The summed E-state index contributed by atoms with van der Waals surface area (Å²) in [5, 5.41) is 0. The summed E-state index contributed by atoms with van der Waals surface area (Å²) in [7, 11) is 0. The van der Waals surface area contributed by atoms with Gasteiger partial charge in [0, 0.05) is 0 Å². The highest BCUT2D eigenvalue weighted by molar-refractivity contribution is 5.44. The Hall–Kier alpha value is -1.22. The summed E-state index contributed by atoms with van der Waals surface area (Å²) < 4.78 is 11.4. The van der Waals surface area contributed by atoms with Gasteiger partial charge in [-0.1, -0.05) is 31.7 Å². The van der Waals surface area contributed by atoms with Crippen molar-refractivity contribution in [3.8, 4) is 11.5 Å². The van der Waals surface area contributed by atoms with Gasteiger partial charge in [0.25, 0.3) is 0 Å². The van der Waals surface area contributed by atoms with Crippen LogP contribution in [0.4, 0.5) is 0 Å². The molecule has 0 saturated heterocycles. The summed E-state index contributed by atoms with van der Waals surface area (Å²) >= 11 is 0. The zero-order valence-electron chi connectivity index (χ0n) is 14.1. The molecular formula is C19H31NO2. The largest absolute Gasteiger partial charge is 0.490 e. The molecule has 0 amide bonds. The van der Waals surface area contributed by atoms with E-state index in [1.54, 1.807) is 0 Å². The first kappa shape index (κ1) is 17.1. The normalized spacial score (nSPS) is 17.8. The summed E-state index contributed by atoms with van der Waals surface area (Å²) in [6.07, 6.45) is 8.05. The van der Waals surface area contributed by atoms with Crippen LogP contribution in [0, 0.1) is 5.92 Å². The predicted octanol–water partition coefficient (Wildman–Crippen LogP) is 4.50. The lowest BCUT2D eigenvalue weighted by atomic mass is 9.81. The van der Waals surface area contributed by atoms with E-state index >= 15 is 0 Å². The fourth-order valence-corrected chi connectivity index (χ4v) is 3.61. The second-order valence-electron chi connectivity index (χ2n) is 6.17. The van der Waals surface area contributed by atoms with Crippen LogP contribution in [0.1, 0.15) is 63.9 Å². The Kier molecular flexibility index (Phi) is 7.04. The minimum atomic E-state index is 0.438. The molecule has 1 aliphatic rings. The van der Waals surface area contributed by atoms with Gasteiger partial charge in [0.2, 0.25) is 0 Å². The van der Waals surface area contributed by atoms with Gasteiger partial charge in [-0.3, -0.25) is 0 Å². The fraction of sp³-hybridized carbons (Fsp3) is 0.684. The van der Waals surface area contributed by atoms with Gasteiger partial charge in [-0.15, -0.1) is 0 Å². The molecule has 1 aliphatic carbocycles. The highest BCUT2D eigenvalue weighted by atomic mass is 16.5. The molecule has 0 spiro atoms. The number of nitrogens with two attached hydrogens (primary N) is 1. The van der Waals surface area contributed by atoms with Crippen molar-refractivity contribution in [1.29, 1.82) is 0 Å². The molecular weight excluding hydrogens is 274 g/mol. The lowest BCUT2D eigenvalue weighted by Crippen LogP contribution is -2.21. The first-order chi connectivity index (χ1) is 10.8. The summed E-state index contributed by atoms with van der Waals surface area (Å²) in [6.45, 7) is 6.03. The Balaban J connectivity index is 2.21. The Morgan fingerprint density at radius 3 is 2.23 bits per heavy atom. The molecule has 1 aromatic rings. The molecule has 0 aromatic heterocycles. The predicted molar refractivity (Wildman–Crippen MR) is 91.8 cm³/mol. The average Bonchev–Trinajstić information content (AvgIpc) is 2.80. The van der Waals surface area contributed by atoms with Crippen LogP contribution >= 0.6 is 0 Å². The van der Waals surface area contributed by atoms with Crippen LogP contribution in [0.25, 0.3) is 0 Å². The lowest BCUT2D eigenvalue weighted by molar-refractivity contribution is 0.286. The Morgan fingerprint density at radius 1 is 1.00 bits per heavy atom. The van der Waals surface area contributed by atoms with Crippen LogP contribution in [0.15, 0.2) is 18.2 Å². The first-order valence-electron chi connectivity index (χ1n) is 8.89. The highest BCUT2D eigenvalue weighted by Gasteiger charge is 2.24.